The molecule has 0 spiro atoms. The first-order chi connectivity index (χ1) is 7.28. The molecular formula is C12H22N2O. The Balaban J connectivity index is 1.64. The van der Waals surface area contributed by atoms with Crippen molar-refractivity contribution in [2.45, 2.75) is 37.8 Å². The quantitative estimate of drug-likeness (QED) is 0.731. The van der Waals surface area contributed by atoms with Gasteiger partial charge in [0.25, 0.3) is 0 Å². The molecule has 0 aromatic heterocycles. The second-order valence-electron chi connectivity index (χ2n) is 5.64. The van der Waals surface area contributed by atoms with Crippen molar-refractivity contribution >= 4 is 0 Å². The number of nitrogens with zero attached hydrogens (tertiary/aromatic N) is 1. The lowest BCUT2D eigenvalue weighted by Gasteiger charge is -2.43. The molecule has 0 aromatic carbocycles. The van der Waals surface area contributed by atoms with Crippen LogP contribution in [-0.4, -0.2) is 49.3 Å². The van der Waals surface area contributed by atoms with Gasteiger partial charge in [0.05, 0.1) is 6.61 Å². The van der Waals surface area contributed by atoms with Crippen LogP contribution in [0.15, 0.2) is 0 Å². The molecule has 15 heavy (non-hydrogen) atoms. The first-order valence-electron chi connectivity index (χ1n) is 6.34. The molecule has 3 fully saturated rings. The van der Waals surface area contributed by atoms with E-state index in [0.717, 1.165) is 31.7 Å². The summed E-state index contributed by atoms with van der Waals surface area (Å²) >= 11 is 0. The van der Waals surface area contributed by atoms with E-state index in [1.54, 1.807) is 0 Å². The molecule has 2 atom stereocenters. The molecule has 3 heteroatoms. The summed E-state index contributed by atoms with van der Waals surface area (Å²) in [6.45, 7) is 7.86. The Morgan fingerprint density at radius 2 is 2.27 bits per heavy atom. The zero-order chi connectivity index (χ0) is 10.3. The lowest BCUT2D eigenvalue weighted by atomic mass is 9.96. The van der Waals surface area contributed by atoms with Crippen LogP contribution in [-0.2, 0) is 4.74 Å². The molecule has 1 saturated carbocycles. The summed E-state index contributed by atoms with van der Waals surface area (Å²) in [4.78, 5) is 2.67. The highest BCUT2D eigenvalue weighted by molar-refractivity contribution is 4.97. The second kappa shape index (κ2) is 3.72. The number of ether oxygens (including phenoxy) is 1. The van der Waals surface area contributed by atoms with Crippen molar-refractivity contribution in [1.82, 2.24) is 10.2 Å². The smallest absolute Gasteiger partial charge is 0.0648 e. The van der Waals surface area contributed by atoms with Crippen molar-refractivity contribution in [2.75, 3.05) is 32.8 Å². The minimum atomic E-state index is 0.329. The van der Waals surface area contributed by atoms with E-state index in [0.29, 0.717) is 5.54 Å². The monoisotopic (exact) mass is 210 g/mol. The normalized spacial score (nSPS) is 43.4. The van der Waals surface area contributed by atoms with Crippen LogP contribution in [0.3, 0.4) is 0 Å². The molecular weight excluding hydrogens is 188 g/mol. The van der Waals surface area contributed by atoms with Gasteiger partial charge in [-0.05, 0) is 32.1 Å². The molecule has 0 aromatic rings. The second-order valence-corrected chi connectivity index (χ2v) is 5.64. The van der Waals surface area contributed by atoms with Crippen LogP contribution >= 0.6 is 0 Å². The molecule has 2 unspecified atom stereocenters. The fourth-order valence-electron chi connectivity index (χ4n) is 2.99. The highest BCUT2D eigenvalue weighted by Gasteiger charge is 2.41. The fourth-order valence-corrected chi connectivity index (χ4v) is 2.99. The van der Waals surface area contributed by atoms with Gasteiger partial charge in [0.15, 0.2) is 0 Å². The highest BCUT2D eigenvalue weighted by Crippen LogP contribution is 2.35. The summed E-state index contributed by atoms with van der Waals surface area (Å²) < 4.78 is 5.56. The van der Waals surface area contributed by atoms with E-state index >= 15 is 0 Å². The minimum Gasteiger partial charge on any atom is -0.379 e. The third-order valence-corrected chi connectivity index (χ3v) is 4.36. The average Bonchev–Trinajstić information content (AvgIpc) is 3.02. The number of hydrogen-bond donors (Lipinski definition) is 1. The molecule has 2 saturated heterocycles. The molecule has 3 aliphatic rings. The Kier molecular flexibility index (Phi) is 2.49. The van der Waals surface area contributed by atoms with Crippen LogP contribution in [0.1, 0.15) is 26.2 Å². The van der Waals surface area contributed by atoms with Gasteiger partial charge in [-0.2, -0.15) is 0 Å². The molecule has 0 bridgehead atoms. The van der Waals surface area contributed by atoms with Gasteiger partial charge in [0.1, 0.15) is 0 Å². The minimum absolute atomic E-state index is 0.329. The van der Waals surface area contributed by atoms with Crippen LogP contribution in [0.5, 0.6) is 0 Å². The van der Waals surface area contributed by atoms with Gasteiger partial charge in [0.2, 0.25) is 0 Å². The molecule has 1 aliphatic carbocycles. The predicted octanol–water partition coefficient (Wildman–Crippen LogP) is 0.849. The van der Waals surface area contributed by atoms with Crippen LogP contribution < -0.4 is 5.32 Å². The summed E-state index contributed by atoms with van der Waals surface area (Å²) in [5, 5.41) is 3.67. The van der Waals surface area contributed by atoms with E-state index < -0.39 is 0 Å². The zero-order valence-electron chi connectivity index (χ0n) is 9.67. The number of piperazine rings is 1. The largest absolute Gasteiger partial charge is 0.379 e. The van der Waals surface area contributed by atoms with E-state index in [2.05, 4.69) is 17.1 Å². The van der Waals surface area contributed by atoms with Crippen molar-refractivity contribution < 1.29 is 4.74 Å². The average molecular weight is 210 g/mol. The van der Waals surface area contributed by atoms with Crippen molar-refractivity contribution in [2.24, 2.45) is 5.92 Å². The highest BCUT2D eigenvalue weighted by atomic mass is 16.5. The molecule has 0 radical (unpaired) electrons. The summed E-state index contributed by atoms with van der Waals surface area (Å²) in [5.41, 5.74) is 0.329. The fraction of sp³-hybridized carbons (Fsp3) is 1.00. The lowest BCUT2D eigenvalue weighted by molar-refractivity contribution is 0.0509. The van der Waals surface area contributed by atoms with E-state index in [-0.39, 0.29) is 0 Å². The Hall–Kier alpha value is -0.120. The van der Waals surface area contributed by atoms with Crippen molar-refractivity contribution in [3.05, 3.63) is 0 Å². The van der Waals surface area contributed by atoms with Gasteiger partial charge in [-0.3, -0.25) is 4.90 Å². The van der Waals surface area contributed by atoms with Crippen LogP contribution in [0.25, 0.3) is 0 Å². The molecule has 2 aliphatic heterocycles. The van der Waals surface area contributed by atoms with Crippen LogP contribution in [0, 0.1) is 5.92 Å². The maximum atomic E-state index is 5.56. The van der Waals surface area contributed by atoms with Gasteiger partial charge in [-0.1, -0.05) is 0 Å². The molecule has 3 rings (SSSR count). The first-order valence-corrected chi connectivity index (χ1v) is 6.34. The topological polar surface area (TPSA) is 24.5 Å². The maximum Gasteiger partial charge on any atom is 0.0648 e. The van der Waals surface area contributed by atoms with Gasteiger partial charge >= 0.3 is 0 Å². The van der Waals surface area contributed by atoms with Gasteiger partial charge in [-0.25, -0.2) is 0 Å². The Morgan fingerprint density at radius 3 is 2.93 bits per heavy atom. The van der Waals surface area contributed by atoms with Crippen LogP contribution in [0.2, 0.25) is 0 Å². The standard InChI is InChI=1S/C12H22N2O/c1-12(4-7-15-9-12)14-6-5-13-11(8-14)10-2-3-10/h10-11,13H,2-9H2,1H3. The Labute approximate surface area is 92.2 Å². The van der Waals surface area contributed by atoms with Gasteiger partial charge in [0, 0.05) is 37.8 Å². The summed E-state index contributed by atoms with van der Waals surface area (Å²) in [7, 11) is 0. The summed E-state index contributed by atoms with van der Waals surface area (Å²) in [6.07, 6.45) is 4.10. The SMILES string of the molecule is CC1(N2CCNC(C3CC3)C2)CCOC1. The number of nitrogens with one attached hydrogen (secondary N) is 1. The number of rotatable bonds is 2. The van der Waals surface area contributed by atoms with Crippen molar-refractivity contribution in [1.29, 1.82) is 0 Å². The van der Waals surface area contributed by atoms with Crippen molar-refractivity contribution in [3.8, 4) is 0 Å². The van der Waals surface area contributed by atoms with E-state index in [4.69, 9.17) is 4.74 Å². The summed E-state index contributed by atoms with van der Waals surface area (Å²) in [6, 6.07) is 0.760. The summed E-state index contributed by atoms with van der Waals surface area (Å²) in [5.74, 6) is 0.971. The molecule has 1 N–H and O–H groups in total. The third-order valence-electron chi connectivity index (χ3n) is 4.36. The lowest BCUT2D eigenvalue weighted by Crippen LogP contribution is -2.59. The Morgan fingerprint density at radius 1 is 1.40 bits per heavy atom. The Bertz CT molecular complexity index is 234. The third kappa shape index (κ3) is 1.93. The van der Waals surface area contributed by atoms with Gasteiger partial charge in [-0.15, -0.1) is 0 Å². The van der Waals surface area contributed by atoms with E-state index in [1.807, 2.05) is 0 Å². The maximum absolute atomic E-state index is 5.56. The first kappa shape index (κ1) is 10.1. The number of hydrogen-bond acceptors (Lipinski definition) is 3. The van der Waals surface area contributed by atoms with Crippen LogP contribution in [0.4, 0.5) is 0 Å². The predicted molar refractivity (Wildman–Crippen MR) is 59.9 cm³/mol. The molecule has 0 amide bonds. The molecule has 3 nitrogen and oxygen atoms in total. The zero-order valence-corrected chi connectivity index (χ0v) is 9.67. The van der Waals surface area contributed by atoms with E-state index in [9.17, 15) is 0 Å². The molecule has 86 valence electrons. The van der Waals surface area contributed by atoms with Crippen molar-refractivity contribution in [3.63, 3.8) is 0 Å². The molecule has 2 heterocycles. The van der Waals surface area contributed by atoms with Gasteiger partial charge < -0.3 is 10.1 Å². The van der Waals surface area contributed by atoms with E-state index in [1.165, 1.54) is 32.4 Å².